The van der Waals surface area contributed by atoms with Crippen molar-refractivity contribution in [3.05, 3.63) is 51.1 Å². The molecule has 0 amide bonds. The maximum absolute atomic E-state index is 12.8. The van der Waals surface area contributed by atoms with Crippen molar-refractivity contribution in [3.63, 3.8) is 0 Å². The Balaban J connectivity index is 1.48. The standard InChI is InChI=1S/C22H26N4O5/c1-13-5-6-14(2)17(11-13)30-16-7-9-25(10-8-16)12-26-21(27)19-18(15(3)31-24-19)20(23-26)22(28)29-4/h5-6,11,16H,7-10,12H2,1-4H3. The molecule has 0 unspecified atom stereocenters. The fourth-order valence-corrected chi connectivity index (χ4v) is 3.84. The Hall–Kier alpha value is -3.20. The van der Waals surface area contributed by atoms with Crippen LogP contribution >= 0.6 is 0 Å². The molecule has 31 heavy (non-hydrogen) atoms. The second-order valence-electron chi connectivity index (χ2n) is 7.95. The Morgan fingerprint density at radius 2 is 1.97 bits per heavy atom. The van der Waals surface area contributed by atoms with Gasteiger partial charge in [0.25, 0.3) is 5.56 Å². The predicted molar refractivity (Wildman–Crippen MR) is 113 cm³/mol. The van der Waals surface area contributed by atoms with Crippen LogP contribution in [0.4, 0.5) is 0 Å². The Bertz CT molecular complexity index is 1170. The van der Waals surface area contributed by atoms with Crippen LogP contribution in [0.25, 0.3) is 10.9 Å². The number of aromatic nitrogens is 3. The molecule has 0 atom stereocenters. The zero-order valence-corrected chi connectivity index (χ0v) is 18.2. The van der Waals surface area contributed by atoms with Crippen LogP contribution in [0, 0.1) is 20.8 Å². The van der Waals surface area contributed by atoms with E-state index >= 15 is 0 Å². The Kier molecular flexibility index (Phi) is 5.77. The monoisotopic (exact) mass is 426 g/mol. The highest BCUT2D eigenvalue weighted by Gasteiger charge is 2.25. The molecule has 164 valence electrons. The summed E-state index contributed by atoms with van der Waals surface area (Å²) in [5, 5.41) is 8.39. The molecule has 2 aromatic heterocycles. The zero-order valence-electron chi connectivity index (χ0n) is 18.2. The second-order valence-corrected chi connectivity index (χ2v) is 7.95. The van der Waals surface area contributed by atoms with Crippen LogP contribution in [0.15, 0.2) is 27.5 Å². The molecule has 0 spiro atoms. The van der Waals surface area contributed by atoms with Crippen molar-refractivity contribution in [2.75, 3.05) is 20.2 Å². The molecule has 1 aliphatic rings. The average molecular weight is 426 g/mol. The van der Waals surface area contributed by atoms with Gasteiger partial charge in [0, 0.05) is 13.1 Å². The molecular formula is C22H26N4O5. The van der Waals surface area contributed by atoms with E-state index in [2.05, 4.69) is 40.3 Å². The number of hydrogen-bond acceptors (Lipinski definition) is 8. The van der Waals surface area contributed by atoms with Gasteiger partial charge in [0.15, 0.2) is 11.2 Å². The number of esters is 1. The van der Waals surface area contributed by atoms with Crippen molar-refractivity contribution < 1.29 is 18.8 Å². The Morgan fingerprint density at radius 3 is 2.68 bits per heavy atom. The van der Waals surface area contributed by atoms with Crippen LogP contribution in [-0.4, -0.2) is 52.1 Å². The van der Waals surface area contributed by atoms with Gasteiger partial charge in [-0.1, -0.05) is 17.3 Å². The third-order valence-corrected chi connectivity index (χ3v) is 5.64. The molecular weight excluding hydrogens is 400 g/mol. The largest absolute Gasteiger partial charge is 0.490 e. The number of hydrogen-bond donors (Lipinski definition) is 0. The van der Waals surface area contributed by atoms with Crippen LogP contribution in [0.1, 0.15) is 40.2 Å². The number of piperidine rings is 1. The summed E-state index contributed by atoms with van der Waals surface area (Å²) in [4.78, 5) is 27.1. The van der Waals surface area contributed by atoms with E-state index < -0.39 is 11.5 Å². The molecule has 0 saturated carbocycles. The number of benzene rings is 1. The molecule has 1 fully saturated rings. The van der Waals surface area contributed by atoms with E-state index in [1.807, 2.05) is 6.92 Å². The first-order valence-corrected chi connectivity index (χ1v) is 10.3. The summed E-state index contributed by atoms with van der Waals surface area (Å²) in [5.74, 6) is 0.646. The van der Waals surface area contributed by atoms with E-state index in [-0.39, 0.29) is 24.0 Å². The highest BCUT2D eigenvalue weighted by molar-refractivity contribution is 6.01. The van der Waals surface area contributed by atoms with Crippen molar-refractivity contribution in [2.24, 2.45) is 0 Å². The van der Waals surface area contributed by atoms with Gasteiger partial charge in [-0.05, 0) is 50.8 Å². The number of fused-ring (bicyclic) bond motifs is 1. The van der Waals surface area contributed by atoms with Gasteiger partial charge in [0.2, 0.25) is 0 Å². The van der Waals surface area contributed by atoms with Crippen LogP contribution in [0.5, 0.6) is 5.75 Å². The van der Waals surface area contributed by atoms with E-state index in [9.17, 15) is 9.59 Å². The lowest BCUT2D eigenvalue weighted by Crippen LogP contribution is -2.42. The first-order chi connectivity index (χ1) is 14.9. The molecule has 1 aliphatic heterocycles. The van der Waals surface area contributed by atoms with Gasteiger partial charge in [-0.25, -0.2) is 9.48 Å². The van der Waals surface area contributed by atoms with E-state index in [0.717, 1.165) is 37.2 Å². The SMILES string of the molecule is COC(=O)c1nn(CN2CCC(Oc3cc(C)ccc3C)CC2)c(=O)c2noc(C)c12. The summed E-state index contributed by atoms with van der Waals surface area (Å²) >= 11 is 0. The van der Waals surface area contributed by atoms with Crippen molar-refractivity contribution in [1.29, 1.82) is 0 Å². The third-order valence-electron chi connectivity index (χ3n) is 5.64. The lowest BCUT2D eigenvalue weighted by atomic mass is 10.1. The van der Waals surface area contributed by atoms with Crippen LogP contribution < -0.4 is 10.3 Å². The van der Waals surface area contributed by atoms with Gasteiger partial charge in [-0.2, -0.15) is 5.10 Å². The maximum atomic E-state index is 12.8. The maximum Gasteiger partial charge on any atom is 0.359 e. The minimum absolute atomic E-state index is 0.0315. The minimum Gasteiger partial charge on any atom is -0.490 e. The summed E-state index contributed by atoms with van der Waals surface area (Å²) in [5.41, 5.74) is 2.01. The molecule has 1 saturated heterocycles. The van der Waals surface area contributed by atoms with Gasteiger partial charge in [0.05, 0.1) is 19.2 Å². The van der Waals surface area contributed by atoms with Crippen LogP contribution in [-0.2, 0) is 11.4 Å². The number of nitrogens with zero attached hydrogens (tertiary/aromatic N) is 4. The van der Waals surface area contributed by atoms with Crippen LogP contribution in [0.2, 0.25) is 0 Å². The molecule has 4 rings (SSSR count). The topological polar surface area (TPSA) is 99.7 Å². The number of likely N-dealkylation sites (tertiary alicyclic amines) is 1. The summed E-state index contributed by atoms with van der Waals surface area (Å²) in [6.07, 6.45) is 1.78. The summed E-state index contributed by atoms with van der Waals surface area (Å²) in [6.45, 7) is 7.47. The minimum atomic E-state index is -0.634. The zero-order chi connectivity index (χ0) is 22.1. The van der Waals surface area contributed by atoms with Crippen molar-refractivity contribution in [3.8, 4) is 5.75 Å². The molecule has 3 heterocycles. The van der Waals surface area contributed by atoms with E-state index in [0.29, 0.717) is 11.1 Å². The third kappa shape index (κ3) is 4.18. The summed E-state index contributed by atoms with van der Waals surface area (Å²) < 4.78 is 17.4. The molecule has 0 aliphatic carbocycles. The van der Waals surface area contributed by atoms with Crippen LogP contribution in [0.3, 0.4) is 0 Å². The van der Waals surface area contributed by atoms with Crippen molar-refractivity contribution in [2.45, 2.75) is 46.4 Å². The average Bonchev–Trinajstić information content (AvgIpc) is 3.15. The highest BCUT2D eigenvalue weighted by Crippen LogP contribution is 2.24. The van der Waals surface area contributed by atoms with E-state index in [4.69, 9.17) is 14.0 Å². The number of ether oxygens (including phenoxy) is 2. The van der Waals surface area contributed by atoms with E-state index in [1.54, 1.807) is 6.92 Å². The molecule has 9 nitrogen and oxygen atoms in total. The second kappa shape index (κ2) is 8.50. The van der Waals surface area contributed by atoms with Gasteiger partial charge in [0.1, 0.15) is 17.6 Å². The number of carbonyl (C=O) groups excluding carboxylic acids is 1. The molecule has 0 bridgehead atoms. The van der Waals surface area contributed by atoms with Gasteiger partial charge in [-0.3, -0.25) is 9.69 Å². The predicted octanol–water partition coefficient (Wildman–Crippen LogP) is 2.60. The van der Waals surface area contributed by atoms with Crippen molar-refractivity contribution >= 4 is 16.9 Å². The van der Waals surface area contributed by atoms with Gasteiger partial charge in [-0.15, -0.1) is 0 Å². The van der Waals surface area contributed by atoms with Crippen molar-refractivity contribution in [1.82, 2.24) is 19.8 Å². The first kappa shape index (κ1) is 21.0. The molecule has 3 aromatic rings. The molecule has 0 radical (unpaired) electrons. The first-order valence-electron chi connectivity index (χ1n) is 10.3. The van der Waals surface area contributed by atoms with Gasteiger partial charge >= 0.3 is 5.97 Å². The lowest BCUT2D eigenvalue weighted by molar-refractivity contribution is 0.0587. The molecule has 1 aromatic carbocycles. The Morgan fingerprint density at radius 1 is 1.23 bits per heavy atom. The normalized spacial score (nSPS) is 15.4. The lowest BCUT2D eigenvalue weighted by Gasteiger charge is -2.32. The number of carbonyl (C=O) groups is 1. The van der Waals surface area contributed by atoms with Gasteiger partial charge < -0.3 is 14.0 Å². The fourth-order valence-electron chi connectivity index (χ4n) is 3.84. The fraction of sp³-hybridized carbons (Fsp3) is 0.455. The number of aryl methyl sites for hydroxylation is 3. The highest BCUT2D eigenvalue weighted by atomic mass is 16.5. The smallest absolute Gasteiger partial charge is 0.359 e. The summed E-state index contributed by atoms with van der Waals surface area (Å²) in [6, 6.07) is 6.21. The number of rotatable bonds is 5. The Labute approximate surface area is 179 Å². The quantitative estimate of drug-likeness (QED) is 0.574. The molecule has 0 N–H and O–H groups in total. The summed E-state index contributed by atoms with van der Waals surface area (Å²) in [7, 11) is 1.27. The van der Waals surface area contributed by atoms with E-state index in [1.165, 1.54) is 17.4 Å². The molecule has 9 heteroatoms. The number of methoxy groups -OCH3 is 1.